The number of nitrogens with zero attached hydrogens (tertiary/aromatic N) is 4. The van der Waals surface area contributed by atoms with E-state index in [1.807, 2.05) is 49.6 Å². The number of fused-ring (bicyclic) bond motifs is 1. The Balaban J connectivity index is 2.10. The second-order valence-corrected chi connectivity index (χ2v) is 7.00. The zero-order chi connectivity index (χ0) is 20.4. The van der Waals surface area contributed by atoms with Gasteiger partial charge in [-0.3, -0.25) is 0 Å². The van der Waals surface area contributed by atoms with Crippen LogP contribution in [0.2, 0.25) is 0 Å². The lowest BCUT2D eigenvalue weighted by atomic mass is 10.0. The largest absolute Gasteiger partial charge is 0.497 e. The minimum absolute atomic E-state index is 0.0448. The molecular weight excluding hydrogens is 356 g/mol. The van der Waals surface area contributed by atoms with Crippen LogP contribution in [0.25, 0.3) is 16.8 Å². The second kappa shape index (κ2) is 7.75. The van der Waals surface area contributed by atoms with E-state index in [1.165, 1.54) is 0 Å². The van der Waals surface area contributed by atoms with Crippen LogP contribution in [0, 0.1) is 20.8 Å². The minimum Gasteiger partial charge on any atom is -0.497 e. The number of rotatable bonds is 6. The SMILES string of the molecule is COc1ccc(-c2c(C)nn3c(N[C@H](C)C/C(N)=N/O)cc(C)nc23)c(C)c1. The van der Waals surface area contributed by atoms with Crippen LogP contribution in [0.1, 0.15) is 30.3 Å². The third kappa shape index (κ3) is 3.71. The van der Waals surface area contributed by atoms with Crippen molar-refractivity contribution in [2.45, 2.75) is 40.2 Å². The molecule has 0 aliphatic carbocycles. The van der Waals surface area contributed by atoms with Gasteiger partial charge in [0.15, 0.2) is 5.65 Å². The van der Waals surface area contributed by atoms with Gasteiger partial charge in [-0.15, -0.1) is 0 Å². The predicted molar refractivity (Wildman–Crippen MR) is 110 cm³/mol. The number of nitrogens with one attached hydrogen (secondary N) is 1. The molecule has 4 N–H and O–H groups in total. The molecule has 0 amide bonds. The smallest absolute Gasteiger partial charge is 0.165 e. The fourth-order valence-electron chi connectivity index (χ4n) is 3.36. The number of anilines is 1. The van der Waals surface area contributed by atoms with Gasteiger partial charge in [0.25, 0.3) is 0 Å². The van der Waals surface area contributed by atoms with Gasteiger partial charge in [0.05, 0.1) is 12.8 Å². The maximum Gasteiger partial charge on any atom is 0.165 e. The lowest BCUT2D eigenvalue weighted by molar-refractivity contribution is 0.316. The molecule has 1 atom stereocenters. The number of oxime groups is 1. The van der Waals surface area contributed by atoms with Crippen LogP contribution in [0.4, 0.5) is 5.82 Å². The summed E-state index contributed by atoms with van der Waals surface area (Å²) in [6.45, 7) is 7.94. The summed E-state index contributed by atoms with van der Waals surface area (Å²) in [6, 6.07) is 7.88. The molecule has 0 fully saturated rings. The molecule has 3 rings (SSSR count). The van der Waals surface area contributed by atoms with Crippen molar-refractivity contribution in [1.29, 1.82) is 0 Å². The minimum atomic E-state index is -0.0448. The van der Waals surface area contributed by atoms with Crippen molar-refractivity contribution >= 4 is 17.3 Å². The molecule has 0 radical (unpaired) electrons. The molecule has 0 unspecified atom stereocenters. The highest BCUT2D eigenvalue weighted by atomic mass is 16.5. The molecule has 0 bridgehead atoms. The summed E-state index contributed by atoms with van der Waals surface area (Å²) in [4.78, 5) is 4.74. The third-order valence-corrected chi connectivity index (χ3v) is 4.63. The van der Waals surface area contributed by atoms with E-state index in [0.717, 1.165) is 45.3 Å². The maximum atomic E-state index is 8.79. The first-order chi connectivity index (χ1) is 13.3. The highest BCUT2D eigenvalue weighted by Gasteiger charge is 2.18. The number of hydrogen-bond acceptors (Lipinski definition) is 6. The zero-order valence-corrected chi connectivity index (χ0v) is 16.8. The topological polar surface area (TPSA) is 110 Å². The number of aryl methyl sites for hydroxylation is 3. The van der Waals surface area contributed by atoms with Gasteiger partial charge in [0, 0.05) is 29.8 Å². The molecule has 0 saturated heterocycles. The molecule has 0 aliphatic rings. The molecule has 28 heavy (non-hydrogen) atoms. The van der Waals surface area contributed by atoms with E-state index in [2.05, 4.69) is 17.4 Å². The van der Waals surface area contributed by atoms with Crippen LogP contribution < -0.4 is 15.8 Å². The van der Waals surface area contributed by atoms with Crippen LogP contribution in [0.15, 0.2) is 29.4 Å². The summed E-state index contributed by atoms with van der Waals surface area (Å²) in [5, 5.41) is 19.9. The number of methoxy groups -OCH3 is 1. The van der Waals surface area contributed by atoms with Gasteiger partial charge in [-0.2, -0.15) is 9.61 Å². The van der Waals surface area contributed by atoms with Crippen molar-refractivity contribution in [3.63, 3.8) is 0 Å². The summed E-state index contributed by atoms with van der Waals surface area (Å²) in [7, 11) is 1.66. The molecular formula is C20H26N6O2. The number of aromatic nitrogens is 3. The Bertz CT molecular complexity index is 1040. The molecule has 8 heteroatoms. The Morgan fingerprint density at radius 3 is 2.71 bits per heavy atom. The number of nitrogens with two attached hydrogens (primary N) is 1. The maximum absolute atomic E-state index is 8.79. The van der Waals surface area contributed by atoms with Crippen LogP contribution in [-0.4, -0.2) is 38.8 Å². The van der Waals surface area contributed by atoms with E-state index >= 15 is 0 Å². The van der Waals surface area contributed by atoms with E-state index < -0.39 is 0 Å². The molecule has 8 nitrogen and oxygen atoms in total. The first-order valence-corrected chi connectivity index (χ1v) is 9.09. The lowest BCUT2D eigenvalue weighted by Gasteiger charge is -2.16. The first-order valence-electron chi connectivity index (χ1n) is 9.09. The van der Waals surface area contributed by atoms with Gasteiger partial charge in [-0.25, -0.2) is 4.98 Å². The quantitative estimate of drug-likeness (QED) is 0.261. The molecule has 148 valence electrons. The van der Waals surface area contributed by atoms with E-state index in [1.54, 1.807) is 7.11 Å². The molecule has 0 aliphatic heterocycles. The van der Waals surface area contributed by atoms with Crippen molar-refractivity contribution in [2.24, 2.45) is 10.9 Å². The van der Waals surface area contributed by atoms with Crippen LogP contribution in [-0.2, 0) is 0 Å². The molecule has 1 aromatic carbocycles. The van der Waals surface area contributed by atoms with Gasteiger partial charge >= 0.3 is 0 Å². The molecule has 3 aromatic rings. The number of hydrogen-bond donors (Lipinski definition) is 3. The van der Waals surface area contributed by atoms with Crippen molar-refractivity contribution in [2.75, 3.05) is 12.4 Å². The Morgan fingerprint density at radius 2 is 2.07 bits per heavy atom. The fraction of sp³-hybridized carbons (Fsp3) is 0.350. The van der Waals surface area contributed by atoms with Gasteiger partial charge in [-0.1, -0.05) is 11.2 Å². The first kappa shape index (κ1) is 19.5. The highest BCUT2D eigenvalue weighted by Crippen LogP contribution is 2.33. The summed E-state index contributed by atoms with van der Waals surface area (Å²) < 4.78 is 7.13. The van der Waals surface area contributed by atoms with Crippen LogP contribution in [0.5, 0.6) is 5.75 Å². The predicted octanol–water partition coefficient (Wildman–Crippen LogP) is 3.27. The van der Waals surface area contributed by atoms with E-state index in [-0.39, 0.29) is 11.9 Å². The Kier molecular flexibility index (Phi) is 5.39. The molecule has 0 saturated carbocycles. The summed E-state index contributed by atoms with van der Waals surface area (Å²) in [6.07, 6.45) is 0.407. The van der Waals surface area contributed by atoms with Gasteiger partial charge in [-0.05, 0) is 51.0 Å². The van der Waals surface area contributed by atoms with Crippen LogP contribution >= 0.6 is 0 Å². The van der Waals surface area contributed by atoms with Gasteiger partial charge < -0.3 is 21.0 Å². The summed E-state index contributed by atoms with van der Waals surface area (Å²) in [5.74, 6) is 1.80. The molecule has 2 aromatic heterocycles. The van der Waals surface area contributed by atoms with Crippen LogP contribution in [0.3, 0.4) is 0 Å². The highest BCUT2D eigenvalue weighted by molar-refractivity contribution is 5.83. The Morgan fingerprint density at radius 1 is 1.32 bits per heavy atom. The lowest BCUT2D eigenvalue weighted by Crippen LogP contribution is -2.25. The standard InChI is InChI=1S/C20H26N6O2/c1-11-8-15(28-5)6-7-16(11)19-14(4)24-26-18(10-13(3)23-20(19)26)22-12(2)9-17(21)25-27/h6-8,10,12,22,27H,9H2,1-5H3,(H2,21,25)/t12-/m1/s1. The van der Waals surface area contributed by atoms with Crippen molar-refractivity contribution in [3.8, 4) is 16.9 Å². The van der Waals surface area contributed by atoms with E-state index in [4.69, 9.17) is 25.8 Å². The van der Waals surface area contributed by atoms with Gasteiger partial charge in [0.1, 0.15) is 17.4 Å². The number of benzene rings is 1. The normalized spacial score (nSPS) is 13.0. The summed E-state index contributed by atoms with van der Waals surface area (Å²) >= 11 is 0. The van der Waals surface area contributed by atoms with Crippen molar-refractivity contribution < 1.29 is 9.94 Å². The average molecular weight is 382 g/mol. The average Bonchev–Trinajstić information content (AvgIpc) is 2.97. The Labute approximate surface area is 164 Å². The molecule has 0 spiro atoms. The number of amidine groups is 1. The Hall–Kier alpha value is -3.29. The zero-order valence-electron chi connectivity index (χ0n) is 16.8. The summed E-state index contributed by atoms with van der Waals surface area (Å²) in [5.41, 5.74) is 11.3. The third-order valence-electron chi connectivity index (χ3n) is 4.63. The monoisotopic (exact) mass is 382 g/mol. The second-order valence-electron chi connectivity index (χ2n) is 7.00. The van der Waals surface area contributed by atoms with Crippen molar-refractivity contribution in [1.82, 2.24) is 14.6 Å². The van der Waals surface area contributed by atoms with Crippen molar-refractivity contribution in [3.05, 3.63) is 41.2 Å². The molecule has 2 heterocycles. The fourth-order valence-corrected chi connectivity index (χ4v) is 3.36. The van der Waals surface area contributed by atoms with E-state index in [9.17, 15) is 0 Å². The van der Waals surface area contributed by atoms with Gasteiger partial charge in [0.2, 0.25) is 0 Å². The number of ether oxygens (including phenoxy) is 1. The van der Waals surface area contributed by atoms with E-state index in [0.29, 0.717) is 6.42 Å².